The largest absolute Gasteiger partial charge is 0.373 e. The van der Waals surface area contributed by atoms with Gasteiger partial charge in [-0.25, -0.2) is 4.98 Å². The molecule has 2 atom stereocenters. The molecule has 1 aliphatic rings. The van der Waals surface area contributed by atoms with E-state index in [0.717, 1.165) is 22.4 Å². The van der Waals surface area contributed by atoms with E-state index in [2.05, 4.69) is 24.0 Å². The minimum Gasteiger partial charge on any atom is -0.373 e. The Hall–Kier alpha value is -1.12. The van der Waals surface area contributed by atoms with Gasteiger partial charge in [0.2, 0.25) is 0 Å². The molecule has 1 saturated carbocycles. The van der Waals surface area contributed by atoms with Crippen molar-refractivity contribution in [1.82, 2.24) is 4.98 Å². The number of aromatic nitrogens is 1. The standard InChI is InChI=1S/C17H20ClNO/c1-12-5-4-7-15(9-12)20-11-14-10-13-6-2-3-8-16(13)19-17(14)18/h2-3,6,8,10,12,15H,4-5,7,9,11H2,1H3. The van der Waals surface area contributed by atoms with Crippen molar-refractivity contribution in [3.8, 4) is 0 Å². The van der Waals surface area contributed by atoms with Crippen molar-refractivity contribution in [3.63, 3.8) is 0 Å². The number of hydrogen-bond donors (Lipinski definition) is 0. The van der Waals surface area contributed by atoms with Gasteiger partial charge in [0.1, 0.15) is 5.15 Å². The fourth-order valence-corrected chi connectivity index (χ4v) is 3.18. The summed E-state index contributed by atoms with van der Waals surface area (Å²) in [5, 5.41) is 1.68. The van der Waals surface area contributed by atoms with Crippen LogP contribution < -0.4 is 0 Å². The molecule has 20 heavy (non-hydrogen) atoms. The van der Waals surface area contributed by atoms with Crippen LogP contribution in [0.25, 0.3) is 10.9 Å². The Balaban J connectivity index is 1.72. The Morgan fingerprint density at radius 3 is 3.00 bits per heavy atom. The summed E-state index contributed by atoms with van der Waals surface area (Å²) in [6.07, 6.45) is 5.32. The fraction of sp³-hybridized carbons (Fsp3) is 0.471. The fourth-order valence-electron chi connectivity index (χ4n) is 2.97. The van der Waals surface area contributed by atoms with Crippen LogP contribution in [0, 0.1) is 5.92 Å². The lowest BCUT2D eigenvalue weighted by atomic mass is 9.89. The monoisotopic (exact) mass is 289 g/mol. The minimum atomic E-state index is 0.376. The normalized spacial score (nSPS) is 23.1. The van der Waals surface area contributed by atoms with Gasteiger partial charge >= 0.3 is 0 Å². The molecule has 0 spiro atoms. The summed E-state index contributed by atoms with van der Waals surface area (Å²) in [7, 11) is 0. The SMILES string of the molecule is CC1CCCC(OCc2cc3ccccc3nc2Cl)C1. The number of hydrogen-bond acceptors (Lipinski definition) is 2. The average molecular weight is 290 g/mol. The van der Waals surface area contributed by atoms with Crippen molar-refractivity contribution in [2.75, 3.05) is 0 Å². The van der Waals surface area contributed by atoms with E-state index < -0.39 is 0 Å². The Labute approximate surface area is 125 Å². The number of ether oxygens (including phenoxy) is 1. The second-order valence-electron chi connectivity index (χ2n) is 5.84. The summed E-state index contributed by atoms with van der Waals surface area (Å²) >= 11 is 6.26. The maximum Gasteiger partial charge on any atom is 0.135 e. The van der Waals surface area contributed by atoms with E-state index in [9.17, 15) is 0 Å². The molecule has 0 amide bonds. The molecule has 0 radical (unpaired) electrons. The molecule has 1 aromatic carbocycles. The van der Waals surface area contributed by atoms with Gasteiger partial charge in [0.25, 0.3) is 0 Å². The first-order chi connectivity index (χ1) is 9.72. The van der Waals surface area contributed by atoms with E-state index >= 15 is 0 Å². The van der Waals surface area contributed by atoms with Crippen molar-refractivity contribution < 1.29 is 4.74 Å². The number of halogens is 1. The van der Waals surface area contributed by atoms with Gasteiger partial charge in [0.15, 0.2) is 0 Å². The molecule has 1 aromatic heterocycles. The number of nitrogens with zero attached hydrogens (tertiary/aromatic N) is 1. The molecule has 3 heteroatoms. The van der Waals surface area contributed by atoms with Gasteiger partial charge in [0, 0.05) is 10.9 Å². The average Bonchev–Trinajstić information content (AvgIpc) is 2.45. The quantitative estimate of drug-likeness (QED) is 0.743. The molecule has 0 N–H and O–H groups in total. The predicted octanol–water partition coefficient (Wildman–Crippen LogP) is 4.98. The zero-order chi connectivity index (χ0) is 13.9. The van der Waals surface area contributed by atoms with Crippen LogP contribution in [-0.2, 0) is 11.3 Å². The Morgan fingerprint density at radius 1 is 1.30 bits per heavy atom. The summed E-state index contributed by atoms with van der Waals surface area (Å²) in [5.41, 5.74) is 1.93. The summed E-state index contributed by atoms with van der Waals surface area (Å²) < 4.78 is 6.04. The van der Waals surface area contributed by atoms with E-state index in [0.29, 0.717) is 17.9 Å². The highest BCUT2D eigenvalue weighted by Gasteiger charge is 2.19. The number of rotatable bonds is 3. The van der Waals surface area contributed by atoms with Crippen LogP contribution in [0.2, 0.25) is 5.15 Å². The minimum absolute atomic E-state index is 0.376. The zero-order valence-electron chi connectivity index (χ0n) is 11.8. The van der Waals surface area contributed by atoms with Gasteiger partial charge in [-0.15, -0.1) is 0 Å². The van der Waals surface area contributed by atoms with E-state index in [1.807, 2.05) is 18.2 Å². The highest BCUT2D eigenvalue weighted by atomic mass is 35.5. The van der Waals surface area contributed by atoms with Crippen LogP contribution in [0.15, 0.2) is 30.3 Å². The van der Waals surface area contributed by atoms with Crippen molar-refractivity contribution >= 4 is 22.5 Å². The first-order valence-electron chi connectivity index (χ1n) is 7.38. The maximum absolute atomic E-state index is 6.26. The molecule has 1 heterocycles. The highest BCUT2D eigenvalue weighted by Crippen LogP contribution is 2.27. The first-order valence-corrected chi connectivity index (χ1v) is 7.76. The molecule has 0 aliphatic heterocycles. The molecular formula is C17H20ClNO. The first kappa shape index (κ1) is 13.8. The molecule has 1 aliphatic carbocycles. The zero-order valence-corrected chi connectivity index (χ0v) is 12.6. The molecule has 3 rings (SSSR count). The number of benzene rings is 1. The van der Waals surface area contributed by atoms with Crippen LogP contribution in [0.3, 0.4) is 0 Å². The van der Waals surface area contributed by atoms with Crippen LogP contribution in [-0.4, -0.2) is 11.1 Å². The van der Waals surface area contributed by atoms with Crippen molar-refractivity contribution in [2.24, 2.45) is 5.92 Å². The van der Waals surface area contributed by atoms with E-state index in [1.54, 1.807) is 0 Å². The molecule has 106 valence electrons. The third-order valence-corrected chi connectivity index (χ3v) is 4.44. The van der Waals surface area contributed by atoms with Gasteiger partial charge in [-0.05, 0) is 30.9 Å². The number of pyridine rings is 1. The summed E-state index contributed by atoms with van der Waals surface area (Å²) in [4.78, 5) is 4.44. The Bertz CT molecular complexity index is 599. The molecule has 0 bridgehead atoms. The molecule has 2 aromatic rings. The van der Waals surface area contributed by atoms with Gasteiger partial charge in [-0.1, -0.05) is 49.6 Å². The van der Waals surface area contributed by atoms with Gasteiger partial charge in [-0.2, -0.15) is 0 Å². The van der Waals surface area contributed by atoms with Gasteiger partial charge in [0.05, 0.1) is 18.2 Å². The number of para-hydroxylation sites is 1. The third-order valence-electron chi connectivity index (χ3n) is 4.11. The molecule has 2 unspecified atom stereocenters. The topological polar surface area (TPSA) is 22.1 Å². The van der Waals surface area contributed by atoms with Crippen molar-refractivity contribution in [3.05, 3.63) is 41.0 Å². The molecule has 2 nitrogen and oxygen atoms in total. The van der Waals surface area contributed by atoms with Crippen LogP contribution in [0.4, 0.5) is 0 Å². The lowest BCUT2D eigenvalue weighted by Gasteiger charge is -2.26. The van der Waals surface area contributed by atoms with Gasteiger partial charge in [-0.3, -0.25) is 0 Å². The maximum atomic E-state index is 6.26. The summed E-state index contributed by atoms with van der Waals surface area (Å²) in [6.45, 7) is 2.87. The van der Waals surface area contributed by atoms with Crippen LogP contribution >= 0.6 is 11.6 Å². The van der Waals surface area contributed by atoms with E-state index in [1.165, 1.54) is 25.7 Å². The smallest absolute Gasteiger partial charge is 0.135 e. The van der Waals surface area contributed by atoms with Crippen LogP contribution in [0.5, 0.6) is 0 Å². The number of fused-ring (bicyclic) bond motifs is 1. The summed E-state index contributed by atoms with van der Waals surface area (Å²) in [6, 6.07) is 10.1. The second kappa shape index (κ2) is 6.11. The lowest BCUT2D eigenvalue weighted by Crippen LogP contribution is -2.21. The second-order valence-corrected chi connectivity index (χ2v) is 6.19. The van der Waals surface area contributed by atoms with Gasteiger partial charge < -0.3 is 4.74 Å². The van der Waals surface area contributed by atoms with Crippen molar-refractivity contribution in [1.29, 1.82) is 0 Å². The summed E-state index contributed by atoms with van der Waals surface area (Å²) in [5.74, 6) is 0.777. The van der Waals surface area contributed by atoms with E-state index in [4.69, 9.17) is 16.3 Å². The predicted molar refractivity (Wildman–Crippen MR) is 83.0 cm³/mol. The highest BCUT2D eigenvalue weighted by molar-refractivity contribution is 6.30. The van der Waals surface area contributed by atoms with Crippen molar-refractivity contribution in [2.45, 2.75) is 45.3 Å². The van der Waals surface area contributed by atoms with E-state index in [-0.39, 0.29) is 0 Å². The molecule has 0 saturated heterocycles. The molecule has 1 fully saturated rings. The molecular weight excluding hydrogens is 270 g/mol. The third kappa shape index (κ3) is 3.13. The lowest BCUT2D eigenvalue weighted by molar-refractivity contribution is 0.00465. The Morgan fingerprint density at radius 2 is 2.15 bits per heavy atom. The van der Waals surface area contributed by atoms with Crippen LogP contribution in [0.1, 0.15) is 38.2 Å². The Kier molecular flexibility index (Phi) is 4.23.